The van der Waals surface area contributed by atoms with Crippen LogP contribution in [0.4, 0.5) is 0 Å². The first kappa shape index (κ1) is 10.2. The fourth-order valence-corrected chi connectivity index (χ4v) is 3.28. The van der Waals surface area contributed by atoms with Crippen LogP contribution in [0.5, 0.6) is 0 Å². The topological polar surface area (TPSA) is 37.8 Å². The van der Waals surface area contributed by atoms with Crippen LogP contribution in [0.25, 0.3) is 0 Å². The molecule has 2 fully saturated rings. The van der Waals surface area contributed by atoms with Crippen molar-refractivity contribution in [2.45, 2.75) is 32.2 Å². The van der Waals surface area contributed by atoms with Crippen molar-refractivity contribution in [1.29, 1.82) is 0 Å². The van der Waals surface area contributed by atoms with Gasteiger partial charge in [-0.2, -0.15) is 0 Å². The predicted octanol–water partition coefficient (Wildman–Crippen LogP) is 2.17. The Morgan fingerprint density at radius 2 is 1.94 bits per heavy atom. The molecule has 2 aliphatic rings. The number of aromatic nitrogens is 2. The Balaban J connectivity index is 1.75. The van der Waals surface area contributed by atoms with Crippen molar-refractivity contribution < 1.29 is 0 Å². The molecule has 0 bridgehead atoms. The molecule has 0 amide bonds. The molecule has 86 valence electrons. The van der Waals surface area contributed by atoms with Gasteiger partial charge < -0.3 is 5.32 Å². The van der Waals surface area contributed by atoms with Gasteiger partial charge >= 0.3 is 0 Å². The Kier molecular flexibility index (Phi) is 2.64. The highest BCUT2D eigenvalue weighted by Gasteiger charge is 2.47. The van der Waals surface area contributed by atoms with E-state index in [-0.39, 0.29) is 0 Å². The molecule has 3 rings (SSSR count). The first-order valence-electron chi connectivity index (χ1n) is 6.36. The van der Waals surface area contributed by atoms with Crippen LogP contribution in [-0.2, 0) is 0 Å². The molecule has 3 unspecified atom stereocenters. The minimum atomic E-state index is 0.471. The lowest BCUT2D eigenvalue weighted by Gasteiger charge is -2.25. The lowest BCUT2D eigenvalue weighted by Crippen LogP contribution is -2.27. The molecule has 1 heterocycles. The third-order valence-electron chi connectivity index (χ3n) is 4.12. The zero-order chi connectivity index (χ0) is 11.0. The Morgan fingerprint density at radius 3 is 2.56 bits per heavy atom. The van der Waals surface area contributed by atoms with E-state index in [0.29, 0.717) is 6.04 Å². The van der Waals surface area contributed by atoms with E-state index in [2.05, 4.69) is 22.2 Å². The van der Waals surface area contributed by atoms with Crippen molar-refractivity contribution >= 4 is 0 Å². The molecule has 3 heteroatoms. The average molecular weight is 217 g/mol. The standard InChI is InChI=1S/C13H19N3/c1-2-16-13(12-6-14-8-15-7-12)11-4-9-3-10(9)5-11/h6-11,13,16H,2-5H2,1H3. The van der Waals surface area contributed by atoms with E-state index in [4.69, 9.17) is 0 Å². The van der Waals surface area contributed by atoms with Gasteiger partial charge in [0, 0.05) is 24.0 Å². The fraction of sp³-hybridized carbons (Fsp3) is 0.692. The third kappa shape index (κ3) is 1.84. The smallest absolute Gasteiger partial charge is 0.115 e. The Bertz CT molecular complexity index is 341. The van der Waals surface area contributed by atoms with Crippen molar-refractivity contribution in [3.63, 3.8) is 0 Å². The highest BCUT2D eigenvalue weighted by Crippen LogP contribution is 2.57. The second-order valence-electron chi connectivity index (χ2n) is 5.19. The monoisotopic (exact) mass is 217 g/mol. The Labute approximate surface area is 96.7 Å². The molecular weight excluding hydrogens is 198 g/mol. The van der Waals surface area contributed by atoms with Gasteiger partial charge in [0.2, 0.25) is 0 Å². The summed E-state index contributed by atoms with van der Waals surface area (Å²) < 4.78 is 0. The molecule has 3 atom stereocenters. The maximum Gasteiger partial charge on any atom is 0.115 e. The van der Waals surface area contributed by atoms with Crippen LogP contribution in [0.2, 0.25) is 0 Å². The number of nitrogens with zero attached hydrogens (tertiary/aromatic N) is 2. The molecule has 1 aromatic heterocycles. The van der Waals surface area contributed by atoms with Crippen LogP contribution in [0.3, 0.4) is 0 Å². The zero-order valence-electron chi connectivity index (χ0n) is 9.76. The van der Waals surface area contributed by atoms with Gasteiger partial charge in [0.05, 0.1) is 0 Å². The van der Waals surface area contributed by atoms with Crippen molar-refractivity contribution in [3.8, 4) is 0 Å². The molecular formula is C13H19N3. The van der Waals surface area contributed by atoms with Crippen molar-refractivity contribution in [3.05, 3.63) is 24.3 Å². The molecule has 1 aromatic rings. The molecule has 0 spiro atoms. The Morgan fingerprint density at radius 1 is 1.25 bits per heavy atom. The van der Waals surface area contributed by atoms with Crippen LogP contribution in [0.1, 0.15) is 37.8 Å². The zero-order valence-corrected chi connectivity index (χ0v) is 9.76. The van der Waals surface area contributed by atoms with Crippen LogP contribution in [-0.4, -0.2) is 16.5 Å². The highest BCUT2D eigenvalue weighted by atomic mass is 14.9. The van der Waals surface area contributed by atoms with E-state index in [9.17, 15) is 0 Å². The van der Waals surface area contributed by atoms with Gasteiger partial charge in [-0.3, -0.25) is 0 Å². The van der Waals surface area contributed by atoms with Gasteiger partial charge in [-0.25, -0.2) is 9.97 Å². The lowest BCUT2D eigenvalue weighted by atomic mass is 9.90. The number of hydrogen-bond donors (Lipinski definition) is 1. The summed E-state index contributed by atoms with van der Waals surface area (Å²) in [5.74, 6) is 2.88. The molecule has 2 aliphatic carbocycles. The largest absolute Gasteiger partial charge is 0.310 e. The molecule has 3 nitrogen and oxygen atoms in total. The summed E-state index contributed by atoms with van der Waals surface area (Å²) in [5.41, 5.74) is 1.26. The van der Waals surface area contributed by atoms with Gasteiger partial charge in [0.15, 0.2) is 0 Å². The molecule has 0 aromatic carbocycles. The van der Waals surface area contributed by atoms with E-state index in [1.807, 2.05) is 12.4 Å². The first-order chi connectivity index (χ1) is 7.88. The van der Waals surface area contributed by atoms with Crippen molar-refractivity contribution in [2.75, 3.05) is 6.54 Å². The van der Waals surface area contributed by atoms with Gasteiger partial charge in [0.25, 0.3) is 0 Å². The van der Waals surface area contributed by atoms with Crippen LogP contribution >= 0.6 is 0 Å². The van der Waals surface area contributed by atoms with Crippen LogP contribution in [0.15, 0.2) is 18.7 Å². The molecule has 1 N–H and O–H groups in total. The molecule has 2 saturated carbocycles. The van der Waals surface area contributed by atoms with Gasteiger partial charge in [-0.05, 0) is 43.6 Å². The van der Waals surface area contributed by atoms with Gasteiger partial charge in [0.1, 0.15) is 6.33 Å². The van der Waals surface area contributed by atoms with Crippen LogP contribution in [0, 0.1) is 17.8 Å². The van der Waals surface area contributed by atoms with Crippen molar-refractivity contribution in [1.82, 2.24) is 15.3 Å². The number of rotatable bonds is 4. The van der Waals surface area contributed by atoms with E-state index in [1.165, 1.54) is 24.8 Å². The van der Waals surface area contributed by atoms with E-state index < -0.39 is 0 Å². The predicted molar refractivity (Wildman–Crippen MR) is 62.8 cm³/mol. The summed E-state index contributed by atoms with van der Waals surface area (Å²) in [7, 11) is 0. The van der Waals surface area contributed by atoms with Gasteiger partial charge in [-0.1, -0.05) is 6.92 Å². The first-order valence-corrected chi connectivity index (χ1v) is 6.36. The van der Waals surface area contributed by atoms with Crippen molar-refractivity contribution in [2.24, 2.45) is 17.8 Å². The third-order valence-corrected chi connectivity index (χ3v) is 4.12. The fourth-order valence-electron chi connectivity index (χ4n) is 3.28. The van der Waals surface area contributed by atoms with E-state index in [0.717, 1.165) is 24.3 Å². The van der Waals surface area contributed by atoms with Gasteiger partial charge in [-0.15, -0.1) is 0 Å². The molecule has 16 heavy (non-hydrogen) atoms. The Hall–Kier alpha value is -0.960. The van der Waals surface area contributed by atoms with E-state index >= 15 is 0 Å². The lowest BCUT2D eigenvalue weighted by molar-refractivity contribution is 0.345. The number of hydrogen-bond acceptors (Lipinski definition) is 3. The number of nitrogens with one attached hydrogen (secondary N) is 1. The summed E-state index contributed by atoms with van der Waals surface area (Å²) in [5, 5.41) is 3.60. The number of fused-ring (bicyclic) bond motifs is 1. The molecule has 0 saturated heterocycles. The summed E-state index contributed by atoms with van der Waals surface area (Å²) in [6, 6.07) is 0.471. The minimum Gasteiger partial charge on any atom is -0.310 e. The van der Waals surface area contributed by atoms with E-state index in [1.54, 1.807) is 6.33 Å². The maximum atomic E-state index is 4.14. The second kappa shape index (κ2) is 4.13. The normalized spacial score (nSPS) is 33.4. The summed E-state index contributed by atoms with van der Waals surface area (Å²) in [6.07, 6.45) is 9.82. The molecule has 0 radical (unpaired) electrons. The molecule has 0 aliphatic heterocycles. The SMILES string of the molecule is CCNC(c1cncnc1)C1CC2CC2C1. The minimum absolute atomic E-state index is 0.471. The van der Waals surface area contributed by atoms with Crippen LogP contribution < -0.4 is 5.32 Å². The highest BCUT2D eigenvalue weighted by molar-refractivity contribution is 5.13. The summed E-state index contributed by atoms with van der Waals surface area (Å²) >= 11 is 0. The summed E-state index contributed by atoms with van der Waals surface area (Å²) in [6.45, 7) is 3.19. The summed E-state index contributed by atoms with van der Waals surface area (Å²) in [4.78, 5) is 8.28. The second-order valence-corrected chi connectivity index (χ2v) is 5.19. The quantitative estimate of drug-likeness (QED) is 0.840. The average Bonchev–Trinajstić information content (AvgIpc) is 2.94. The maximum absolute atomic E-state index is 4.14.